The number of hydrogen-bond donors (Lipinski definition) is 0. The summed E-state index contributed by atoms with van der Waals surface area (Å²) in [4.78, 5) is 0. The highest BCUT2D eigenvalue weighted by atomic mass is 127. The van der Waals surface area contributed by atoms with Gasteiger partial charge in [-0.3, -0.25) is 0 Å². The molecule has 78 valence electrons. The van der Waals surface area contributed by atoms with Gasteiger partial charge in [0.25, 0.3) is 0 Å². The average molecular weight is 302 g/mol. The van der Waals surface area contributed by atoms with E-state index in [1.54, 1.807) is 0 Å². The first-order chi connectivity index (χ1) is 6.54. The molecule has 0 N–H and O–H groups in total. The Hall–Kier alpha value is -0.0500. The van der Waals surface area contributed by atoms with Crippen LogP contribution in [0.4, 0.5) is 0 Å². The highest BCUT2D eigenvalue weighted by molar-refractivity contribution is 14.1. The van der Waals surface area contributed by atoms with Crippen molar-refractivity contribution in [3.05, 3.63) is 34.9 Å². The van der Waals surface area contributed by atoms with Gasteiger partial charge in [0.15, 0.2) is 0 Å². The van der Waals surface area contributed by atoms with Gasteiger partial charge in [-0.25, -0.2) is 0 Å². The third kappa shape index (κ3) is 2.97. The van der Waals surface area contributed by atoms with Crippen molar-refractivity contribution in [2.75, 3.05) is 0 Å². The monoisotopic (exact) mass is 302 g/mol. The average Bonchev–Trinajstić information content (AvgIpc) is 2.16. The van der Waals surface area contributed by atoms with Crippen molar-refractivity contribution in [3.8, 4) is 0 Å². The second-order valence-electron chi connectivity index (χ2n) is 4.45. The molecular weight excluding hydrogens is 283 g/mol. The molecule has 0 aliphatic carbocycles. The summed E-state index contributed by atoms with van der Waals surface area (Å²) in [6.45, 7) is 9.04. The van der Waals surface area contributed by atoms with Crippen molar-refractivity contribution in [3.63, 3.8) is 0 Å². The predicted octanol–water partition coefficient (Wildman–Crippen LogP) is 4.87. The van der Waals surface area contributed by atoms with Gasteiger partial charge in [0.1, 0.15) is 0 Å². The lowest BCUT2D eigenvalue weighted by atomic mass is 9.94. The first-order valence-corrected chi connectivity index (χ1v) is 6.77. The Labute approximate surface area is 101 Å². The van der Waals surface area contributed by atoms with E-state index < -0.39 is 0 Å². The molecular formula is C13H19I. The summed E-state index contributed by atoms with van der Waals surface area (Å²) in [6.07, 6.45) is 0. The van der Waals surface area contributed by atoms with Gasteiger partial charge in [0.05, 0.1) is 0 Å². The largest absolute Gasteiger partial charge is 0.0812 e. The molecule has 0 aliphatic heterocycles. The fraction of sp³-hybridized carbons (Fsp3) is 0.538. The highest BCUT2D eigenvalue weighted by Gasteiger charge is 2.06. The van der Waals surface area contributed by atoms with Crippen LogP contribution in [-0.2, 0) is 4.43 Å². The fourth-order valence-corrected chi connectivity index (χ4v) is 1.93. The minimum absolute atomic E-state index is 0.635. The molecule has 0 nitrogen and oxygen atoms in total. The van der Waals surface area contributed by atoms with Crippen molar-refractivity contribution in [2.45, 2.75) is 44.0 Å². The molecule has 0 bridgehead atoms. The molecule has 0 heterocycles. The Kier molecular flexibility index (Phi) is 4.42. The van der Waals surface area contributed by atoms with Crippen LogP contribution in [0, 0.1) is 0 Å². The van der Waals surface area contributed by atoms with Gasteiger partial charge in [0.2, 0.25) is 0 Å². The van der Waals surface area contributed by atoms with Crippen LogP contribution in [-0.4, -0.2) is 0 Å². The summed E-state index contributed by atoms with van der Waals surface area (Å²) < 4.78 is 1.11. The van der Waals surface area contributed by atoms with Crippen molar-refractivity contribution in [1.29, 1.82) is 0 Å². The van der Waals surface area contributed by atoms with Crippen LogP contribution in [0.2, 0.25) is 0 Å². The molecule has 1 heteroatoms. The Morgan fingerprint density at radius 2 is 1.36 bits per heavy atom. The van der Waals surface area contributed by atoms with Gasteiger partial charge in [-0.15, -0.1) is 0 Å². The summed E-state index contributed by atoms with van der Waals surface area (Å²) >= 11 is 2.43. The smallest absolute Gasteiger partial charge is 0.0247 e. The fourth-order valence-electron chi connectivity index (χ4n) is 1.49. The third-order valence-electron chi connectivity index (χ3n) is 2.53. The summed E-state index contributed by atoms with van der Waals surface area (Å²) in [5, 5.41) is 0. The van der Waals surface area contributed by atoms with Crippen LogP contribution in [0.5, 0.6) is 0 Å². The van der Waals surface area contributed by atoms with Gasteiger partial charge < -0.3 is 0 Å². The molecule has 1 aromatic carbocycles. The van der Waals surface area contributed by atoms with Crippen molar-refractivity contribution >= 4 is 22.6 Å². The minimum Gasteiger partial charge on any atom is -0.0812 e. The SMILES string of the molecule is CC(C)c1cc(CI)cc(C(C)C)c1. The lowest BCUT2D eigenvalue weighted by Crippen LogP contribution is -1.95. The van der Waals surface area contributed by atoms with E-state index in [9.17, 15) is 0 Å². The zero-order valence-corrected chi connectivity index (χ0v) is 11.6. The zero-order valence-electron chi connectivity index (χ0n) is 9.47. The van der Waals surface area contributed by atoms with Gasteiger partial charge in [0, 0.05) is 4.43 Å². The highest BCUT2D eigenvalue weighted by Crippen LogP contribution is 2.24. The normalized spacial score (nSPS) is 11.4. The Balaban J connectivity index is 3.13. The van der Waals surface area contributed by atoms with E-state index in [0.717, 1.165) is 4.43 Å². The lowest BCUT2D eigenvalue weighted by molar-refractivity contribution is 0.831. The maximum Gasteiger partial charge on any atom is 0.0247 e. The van der Waals surface area contributed by atoms with E-state index in [0.29, 0.717) is 11.8 Å². The Bertz CT molecular complexity index is 274. The van der Waals surface area contributed by atoms with Crippen molar-refractivity contribution in [1.82, 2.24) is 0 Å². The molecule has 0 spiro atoms. The minimum atomic E-state index is 0.635. The number of hydrogen-bond acceptors (Lipinski definition) is 0. The number of halogens is 1. The van der Waals surface area contributed by atoms with Gasteiger partial charge in [-0.1, -0.05) is 68.5 Å². The predicted molar refractivity (Wildman–Crippen MR) is 72.3 cm³/mol. The van der Waals surface area contributed by atoms with E-state index in [-0.39, 0.29) is 0 Å². The quantitative estimate of drug-likeness (QED) is 0.552. The molecule has 0 aliphatic rings. The summed E-state index contributed by atoms with van der Waals surface area (Å²) in [6, 6.07) is 7.02. The molecule has 0 fully saturated rings. The van der Waals surface area contributed by atoms with E-state index in [4.69, 9.17) is 0 Å². The first-order valence-electron chi connectivity index (χ1n) is 5.24. The summed E-state index contributed by atoms with van der Waals surface area (Å²) in [5.41, 5.74) is 4.41. The van der Waals surface area contributed by atoms with Crippen LogP contribution < -0.4 is 0 Å². The Morgan fingerprint density at radius 3 is 1.64 bits per heavy atom. The van der Waals surface area contributed by atoms with Gasteiger partial charge in [-0.2, -0.15) is 0 Å². The molecule has 0 unspecified atom stereocenters. The van der Waals surface area contributed by atoms with Crippen LogP contribution >= 0.6 is 22.6 Å². The maximum atomic E-state index is 2.43. The van der Waals surface area contributed by atoms with E-state index in [1.807, 2.05) is 0 Å². The van der Waals surface area contributed by atoms with Crippen molar-refractivity contribution < 1.29 is 0 Å². The van der Waals surface area contributed by atoms with E-state index in [2.05, 4.69) is 68.5 Å². The molecule has 0 atom stereocenters. The second kappa shape index (κ2) is 5.15. The molecule has 0 saturated heterocycles. The summed E-state index contributed by atoms with van der Waals surface area (Å²) in [5.74, 6) is 1.27. The van der Waals surface area contributed by atoms with Gasteiger partial charge in [-0.05, 0) is 28.5 Å². The van der Waals surface area contributed by atoms with Crippen LogP contribution in [0.25, 0.3) is 0 Å². The van der Waals surface area contributed by atoms with Gasteiger partial charge >= 0.3 is 0 Å². The molecule has 0 radical (unpaired) electrons. The molecule has 0 amide bonds. The van der Waals surface area contributed by atoms with Crippen molar-refractivity contribution in [2.24, 2.45) is 0 Å². The number of benzene rings is 1. The number of alkyl halides is 1. The second-order valence-corrected chi connectivity index (χ2v) is 5.21. The molecule has 0 aromatic heterocycles. The molecule has 1 rings (SSSR count). The first kappa shape index (κ1) is 12.0. The van der Waals surface area contributed by atoms with Crippen LogP contribution in [0.1, 0.15) is 56.2 Å². The van der Waals surface area contributed by atoms with E-state index in [1.165, 1.54) is 16.7 Å². The van der Waals surface area contributed by atoms with E-state index >= 15 is 0 Å². The topological polar surface area (TPSA) is 0 Å². The maximum absolute atomic E-state index is 2.43. The third-order valence-corrected chi connectivity index (χ3v) is 3.41. The molecule has 0 saturated carbocycles. The lowest BCUT2D eigenvalue weighted by Gasteiger charge is -2.13. The van der Waals surface area contributed by atoms with Crippen LogP contribution in [0.15, 0.2) is 18.2 Å². The standard InChI is InChI=1S/C13H19I/c1-9(2)12-5-11(8-14)6-13(7-12)10(3)4/h5-7,9-10H,8H2,1-4H3. The molecule has 14 heavy (non-hydrogen) atoms. The van der Waals surface area contributed by atoms with Crippen LogP contribution in [0.3, 0.4) is 0 Å². The Morgan fingerprint density at radius 1 is 0.929 bits per heavy atom. The number of rotatable bonds is 3. The zero-order chi connectivity index (χ0) is 10.7. The summed E-state index contributed by atoms with van der Waals surface area (Å²) in [7, 11) is 0. The molecule has 1 aromatic rings.